The highest BCUT2D eigenvalue weighted by molar-refractivity contribution is 7.12. The average Bonchev–Trinajstić information content (AvgIpc) is 2.91. The molecule has 116 valence electrons. The van der Waals surface area contributed by atoms with Crippen LogP contribution in [0.3, 0.4) is 0 Å². The van der Waals surface area contributed by atoms with E-state index in [0.29, 0.717) is 19.5 Å². The number of nitrogens with one attached hydrogen (secondary N) is 1. The molecule has 0 aliphatic carbocycles. The van der Waals surface area contributed by atoms with Crippen LogP contribution < -0.4 is 11.1 Å². The van der Waals surface area contributed by atoms with Crippen LogP contribution in [0.25, 0.3) is 0 Å². The standard InChI is InChI=1S/C15H23N3O2S/c1-11-6-9-21-14(11)15(20)18-8-3-2-4-12(18)10-17-13(19)5-7-16/h6,9,12H,2-5,7-8,10,16H2,1H3,(H,17,19). The van der Waals surface area contributed by atoms with Crippen LogP contribution >= 0.6 is 11.3 Å². The van der Waals surface area contributed by atoms with E-state index in [0.717, 1.165) is 36.2 Å². The van der Waals surface area contributed by atoms with E-state index in [2.05, 4.69) is 5.32 Å². The number of nitrogens with two attached hydrogens (primary N) is 1. The van der Waals surface area contributed by atoms with Crippen LogP contribution in [0.2, 0.25) is 0 Å². The van der Waals surface area contributed by atoms with Gasteiger partial charge in [0.1, 0.15) is 0 Å². The summed E-state index contributed by atoms with van der Waals surface area (Å²) in [6.07, 6.45) is 3.41. The summed E-state index contributed by atoms with van der Waals surface area (Å²) in [4.78, 5) is 27.0. The number of thiophene rings is 1. The molecule has 0 aromatic carbocycles. The minimum Gasteiger partial charge on any atom is -0.354 e. The molecule has 1 fully saturated rings. The van der Waals surface area contributed by atoms with Gasteiger partial charge in [-0.2, -0.15) is 0 Å². The quantitative estimate of drug-likeness (QED) is 0.866. The number of likely N-dealkylation sites (tertiary alicyclic amines) is 1. The number of hydrogen-bond acceptors (Lipinski definition) is 4. The monoisotopic (exact) mass is 309 g/mol. The number of aryl methyl sites for hydroxylation is 1. The fourth-order valence-corrected chi connectivity index (χ4v) is 3.53. The molecule has 1 aliphatic rings. The topological polar surface area (TPSA) is 75.4 Å². The van der Waals surface area contributed by atoms with E-state index >= 15 is 0 Å². The Bertz CT molecular complexity index is 501. The molecule has 1 saturated heterocycles. The van der Waals surface area contributed by atoms with Crippen molar-refractivity contribution in [2.45, 2.75) is 38.6 Å². The summed E-state index contributed by atoms with van der Waals surface area (Å²) >= 11 is 1.49. The van der Waals surface area contributed by atoms with Crippen molar-refractivity contribution in [3.8, 4) is 0 Å². The number of hydrogen-bond donors (Lipinski definition) is 2. The molecule has 2 heterocycles. The van der Waals surface area contributed by atoms with Gasteiger partial charge in [-0.3, -0.25) is 9.59 Å². The van der Waals surface area contributed by atoms with Crippen molar-refractivity contribution in [1.29, 1.82) is 0 Å². The van der Waals surface area contributed by atoms with Gasteiger partial charge in [0.2, 0.25) is 5.91 Å². The molecule has 0 saturated carbocycles. The largest absolute Gasteiger partial charge is 0.354 e. The lowest BCUT2D eigenvalue weighted by atomic mass is 10.0. The van der Waals surface area contributed by atoms with E-state index in [-0.39, 0.29) is 17.9 Å². The highest BCUT2D eigenvalue weighted by Crippen LogP contribution is 2.23. The third-order valence-corrected chi connectivity index (χ3v) is 4.86. The first-order chi connectivity index (χ1) is 10.1. The number of rotatable bonds is 5. The molecule has 0 bridgehead atoms. The Hall–Kier alpha value is -1.40. The zero-order valence-corrected chi connectivity index (χ0v) is 13.2. The van der Waals surface area contributed by atoms with Crippen molar-refractivity contribution in [1.82, 2.24) is 10.2 Å². The second kappa shape index (κ2) is 7.56. The van der Waals surface area contributed by atoms with Crippen molar-refractivity contribution < 1.29 is 9.59 Å². The molecule has 3 N–H and O–H groups in total. The summed E-state index contributed by atoms with van der Waals surface area (Å²) < 4.78 is 0. The van der Waals surface area contributed by atoms with E-state index in [1.54, 1.807) is 0 Å². The summed E-state index contributed by atoms with van der Waals surface area (Å²) in [5.74, 6) is 0.0584. The normalized spacial score (nSPS) is 18.6. The summed E-state index contributed by atoms with van der Waals surface area (Å²) in [7, 11) is 0. The Morgan fingerprint density at radius 3 is 2.95 bits per heavy atom. The van der Waals surface area contributed by atoms with E-state index in [1.807, 2.05) is 23.3 Å². The fraction of sp³-hybridized carbons (Fsp3) is 0.600. The van der Waals surface area contributed by atoms with Gasteiger partial charge in [-0.25, -0.2) is 0 Å². The van der Waals surface area contributed by atoms with Gasteiger partial charge in [0.15, 0.2) is 0 Å². The van der Waals surface area contributed by atoms with Crippen molar-refractivity contribution in [2.75, 3.05) is 19.6 Å². The Kier molecular flexibility index (Phi) is 5.76. The lowest BCUT2D eigenvalue weighted by molar-refractivity contribution is -0.121. The minimum atomic E-state index is -0.0391. The number of nitrogens with zero attached hydrogens (tertiary/aromatic N) is 1. The summed E-state index contributed by atoms with van der Waals surface area (Å²) in [5.41, 5.74) is 6.40. The maximum absolute atomic E-state index is 12.7. The number of carbonyl (C=O) groups excluding carboxylic acids is 2. The van der Waals surface area contributed by atoms with Gasteiger partial charge in [-0.05, 0) is 43.2 Å². The Morgan fingerprint density at radius 1 is 1.48 bits per heavy atom. The number of carbonyl (C=O) groups is 2. The van der Waals surface area contributed by atoms with Gasteiger partial charge < -0.3 is 16.0 Å². The van der Waals surface area contributed by atoms with Crippen LogP contribution in [0.5, 0.6) is 0 Å². The highest BCUT2D eigenvalue weighted by Gasteiger charge is 2.28. The van der Waals surface area contributed by atoms with Crippen molar-refractivity contribution in [3.63, 3.8) is 0 Å². The van der Waals surface area contributed by atoms with E-state index < -0.39 is 0 Å². The lowest BCUT2D eigenvalue weighted by Gasteiger charge is -2.35. The summed E-state index contributed by atoms with van der Waals surface area (Å²) in [6, 6.07) is 2.06. The molecule has 1 aromatic rings. The van der Waals surface area contributed by atoms with Crippen LogP contribution in [-0.2, 0) is 4.79 Å². The number of amides is 2. The highest BCUT2D eigenvalue weighted by atomic mass is 32.1. The molecule has 5 nitrogen and oxygen atoms in total. The SMILES string of the molecule is Cc1ccsc1C(=O)N1CCCCC1CNC(=O)CCN. The zero-order chi connectivity index (χ0) is 15.2. The average molecular weight is 309 g/mol. The van der Waals surface area contributed by atoms with Crippen molar-refractivity contribution >= 4 is 23.2 Å². The van der Waals surface area contributed by atoms with E-state index in [9.17, 15) is 9.59 Å². The summed E-state index contributed by atoms with van der Waals surface area (Å²) in [6.45, 7) is 3.61. The third-order valence-electron chi connectivity index (χ3n) is 3.85. The molecule has 6 heteroatoms. The molecule has 0 radical (unpaired) electrons. The summed E-state index contributed by atoms with van der Waals surface area (Å²) in [5, 5.41) is 4.84. The van der Waals surface area contributed by atoms with Gasteiger partial charge in [0.05, 0.1) is 4.88 Å². The first-order valence-electron chi connectivity index (χ1n) is 7.45. The van der Waals surface area contributed by atoms with E-state index in [4.69, 9.17) is 5.73 Å². The zero-order valence-electron chi connectivity index (χ0n) is 12.4. The lowest BCUT2D eigenvalue weighted by Crippen LogP contribution is -2.49. The van der Waals surface area contributed by atoms with Crippen molar-refractivity contribution in [3.05, 3.63) is 21.9 Å². The molecule has 2 amide bonds. The van der Waals surface area contributed by atoms with Gasteiger partial charge in [-0.1, -0.05) is 0 Å². The Morgan fingerprint density at radius 2 is 2.29 bits per heavy atom. The predicted molar refractivity (Wildman–Crippen MR) is 84.4 cm³/mol. The fourth-order valence-electron chi connectivity index (χ4n) is 2.65. The minimum absolute atomic E-state index is 0.0391. The van der Waals surface area contributed by atoms with Gasteiger partial charge in [0, 0.05) is 32.1 Å². The predicted octanol–water partition coefficient (Wildman–Crippen LogP) is 1.52. The molecular formula is C15H23N3O2S. The van der Waals surface area contributed by atoms with Crippen LogP contribution in [-0.4, -0.2) is 42.4 Å². The smallest absolute Gasteiger partial charge is 0.264 e. The van der Waals surface area contributed by atoms with Gasteiger partial charge >= 0.3 is 0 Å². The maximum atomic E-state index is 12.7. The van der Waals surface area contributed by atoms with Crippen LogP contribution in [0.15, 0.2) is 11.4 Å². The van der Waals surface area contributed by atoms with E-state index in [1.165, 1.54) is 11.3 Å². The van der Waals surface area contributed by atoms with Gasteiger partial charge in [0.25, 0.3) is 5.91 Å². The first-order valence-corrected chi connectivity index (χ1v) is 8.33. The molecule has 1 unspecified atom stereocenters. The maximum Gasteiger partial charge on any atom is 0.264 e. The molecule has 21 heavy (non-hydrogen) atoms. The second-order valence-electron chi connectivity index (χ2n) is 5.42. The molecule has 0 spiro atoms. The Labute approximate surface area is 129 Å². The molecule has 1 aromatic heterocycles. The number of piperidine rings is 1. The first kappa shape index (κ1) is 16.0. The Balaban J connectivity index is 2.00. The van der Waals surface area contributed by atoms with Crippen LogP contribution in [0, 0.1) is 6.92 Å². The van der Waals surface area contributed by atoms with Crippen molar-refractivity contribution in [2.24, 2.45) is 5.73 Å². The third kappa shape index (κ3) is 4.04. The van der Waals surface area contributed by atoms with Crippen LogP contribution in [0.1, 0.15) is 40.9 Å². The second-order valence-corrected chi connectivity index (χ2v) is 6.34. The van der Waals surface area contributed by atoms with Crippen LogP contribution in [0.4, 0.5) is 0 Å². The van der Waals surface area contributed by atoms with Gasteiger partial charge in [-0.15, -0.1) is 11.3 Å². The molecular weight excluding hydrogens is 286 g/mol. The molecule has 1 atom stereocenters. The molecule has 2 rings (SSSR count). The molecule has 1 aliphatic heterocycles.